The Morgan fingerprint density at radius 1 is 1.00 bits per heavy atom. The topological polar surface area (TPSA) is 18.5 Å². The predicted molar refractivity (Wildman–Crippen MR) is 60.5 cm³/mol. The molecule has 0 aromatic carbocycles. The van der Waals surface area contributed by atoms with E-state index in [4.69, 9.17) is 9.47 Å². The molecule has 1 heterocycles. The zero-order valence-corrected chi connectivity index (χ0v) is 10.5. The van der Waals surface area contributed by atoms with Crippen LogP contribution in [0.15, 0.2) is 0 Å². The Bertz CT molecular complexity index is 219. The van der Waals surface area contributed by atoms with Gasteiger partial charge in [-0.2, -0.15) is 0 Å². The van der Waals surface area contributed by atoms with Gasteiger partial charge < -0.3 is 9.47 Å². The molecule has 1 aliphatic carbocycles. The van der Waals surface area contributed by atoms with Gasteiger partial charge in [0.25, 0.3) is 0 Å². The third-order valence-electron chi connectivity index (χ3n) is 4.74. The summed E-state index contributed by atoms with van der Waals surface area (Å²) in [5.41, 5.74) is 0.340. The quantitative estimate of drug-likeness (QED) is 0.665. The summed E-state index contributed by atoms with van der Waals surface area (Å²) in [7, 11) is 0. The maximum absolute atomic E-state index is 5.72. The summed E-state index contributed by atoms with van der Waals surface area (Å²) in [5.74, 6) is 2.05. The summed E-state index contributed by atoms with van der Waals surface area (Å²) in [5, 5.41) is 0. The molecule has 0 amide bonds. The van der Waals surface area contributed by atoms with E-state index < -0.39 is 0 Å². The van der Waals surface area contributed by atoms with Gasteiger partial charge in [0.1, 0.15) is 0 Å². The van der Waals surface area contributed by atoms with Crippen molar-refractivity contribution in [2.75, 3.05) is 13.2 Å². The predicted octanol–water partition coefficient (Wildman–Crippen LogP) is 3.07. The van der Waals surface area contributed by atoms with E-state index in [0.717, 1.165) is 25.0 Å². The lowest BCUT2D eigenvalue weighted by molar-refractivity contribution is -0.157. The van der Waals surface area contributed by atoms with E-state index in [0.29, 0.717) is 11.3 Å². The van der Waals surface area contributed by atoms with Crippen LogP contribution in [0.25, 0.3) is 0 Å². The Morgan fingerprint density at radius 3 is 2.20 bits per heavy atom. The molecule has 2 nitrogen and oxygen atoms in total. The van der Waals surface area contributed by atoms with Crippen molar-refractivity contribution in [1.29, 1.82) is 0 Å². The van der Waals surface area contributed by atoms with E-state index >= 15 is 0 Å². The van der Waals surface area contributed by atoms with Crippen LogP contribution in [0.4, 0.5) is 0 Å². The zero-order valence-electron chi connectivity index (χ0n) is 10.5. The molecule has 0 N–H and O–H groups in total. The fourth-order valence-corrected chi connectivity index (χ4v) is 3.33. The second-order valence-corrected chi connectivity index (χ2v) is 5.91. The van der Waals surface area contributed by atoms with Crippen LogP contribution in [0.3, 0.4) is 0 Å². The molecule has 2 aliphatic rings. The Morgan fingerprint density at radius 2 is 1.60 bits per heavy atom. The highest BCUT2D eigenvalue weighted by Gasteiger charge is 2.47. The lowest BCUT2D eigenvalue weighted by atomic mass is 9.59. The average molecular weight is 212 g/mol. The maximum atomic E-state index is 5.72. The van der Waals surface area contributed by atoms with Gasteiger partial charge >= 0.3 is 0 Å². The minimum atomic E-state index is 0.0535. The minimum absolute atomic E-state index is 0.0535. The van der Waals surface area contributed by atoms with Gasteiger partial charge in [-0.05, 0) is 30.1 Å². The van der Waals surface area contributed by atoms with Gasteiger partial charge in [0, 0.05) is 5.92 Å². The number of hydrogen-bond acceptors (Lipinski definition) is 2. The number of ether oxygens (including phenoxy) is 2. The molecule has 0 bridgehead atoms. The molecule has 1 saturated carbocycles. The van der Waals surface area contributed by atoms with E-state index in [1.807, 2.05) is 0 Å². The Balaban J connectivity index is 2.16. The number of rotatable bonds is 1. The molecule has 1 saturated heterocycles. The van der Waals surface area contributed by atoms with Crippen LogP contribution in [0.2, 0.25) is 0 Å². The summed E-state index contributed by atoms with van der Waals surface area (Å²) in [6.07, 6.45) is 2.72. The van der Waals surface area contributed by atoms with E-state index in [2.05, 4.69) is 27.7 Å². The fraction of sp³-hybridized carbons (Fsp3) is 1.00. The van der Waals surface area contributed by atoms with Crippen molar-refractivity contribution < 1.29 is 9.47 Å². The van der Waals surface area contributed by atoms with Gasteiger partial charge in [0.05, 0.1) is 13.2 Å². The first-order valence-electron chi connectivity index (χ1n) is 6.26. The molecule has 2 rings (SSSR count). The van der Waals surface area contributed by atoms with Crippen LogP contribution < -0.4 is 0 Å². The minimum Gasteiger partial charge on any atom is -0.350 e. The first kappa shape index (κ1) is 11.4. The van der Waals surface area contributed by atoms with Crippen LogP contribution in [0.1, 0.15) is 40.5 Å². The molecular formula is C13H24O2. The molecule has 0 aromatic rings. The van der Waals surface area contributed by atoms with Crippen molar-refractivity contribution in [2.24, 2.45) is 23.2 Å². The highest BCUT2D eigenvalue weighted by molar-refractivity contribution is 4.92. The zero-order chi connectivity index (χ0) is 11.1. The third-order valence-corrected chi connectivity index (χ3v) is 4.74. The average Bonchev–Trinajstić information content (AvgIpc) is 2.65. The van der Waals surface area contributed by atoms with Gasteiger partial charge in [-0.3, -0.25) is 0 Å². The normalized spacial score (nSPS) is 42.0. The lowest BCUT2D eigenvalue weighted by Gasteiger charge is -2.48. The Labute approximate surface area is 93.3 Å². The van der Waals surface area contributed by atoms with Gasteiger partial charge in [-0.1, -0.05) is 27.7 Å². The molecule has 0 spiro atoms. The molecule has 2 fully saturated rings. The first-order valence-corrected chi connectivity index (χ1v) is 6.26. The van der Waals surface area contributed by atoms with E-state index in [-0.39, 0.29) is 6.29 Å². The van der Waals surface area contributed by atoms with Crippen LogP contribution >= 0.6 is 0 Å². The van der Waals surface area contributed by atoms with Crippen molar-refractivity contribution in [3.05, 3.63) is 0 Å². The van der Waals surface area contributed by atoms with Crippen molar-refractivity contribution in [1.82, 2.24) is 0 Å². The van der Waals surface area contributed by atoms with Crippen LogP contribution in [0.5, 0.6) is 0 Å². The highest BCUT2D eigenvalue weighted by Crippen LogP contribution is 2.50. The summed E-state index contributed by atoms with van der Waals surface area (Å²) in [6.45, 7) is 11.0. The molecular weight excluding hydrogens is 188 g/mol. The fourth-order valence-electron chi connectivity index (χ4n) is 3.33. The molecule has 15 heavy (non-hydrogen) atoms. The van der Waals surface area contributed by atoms with Gasteiger partial charge in [-0.15, -0.1) is 0 Å². The van der Waals surface area contributed by atoms with Crippen LogP contribution in [0, 0.1) is 23.2 Å². The van der Waals surface area contributed by atoms with Crippen molar-refractivity contribution in [3.8, 4) is 0 Å². The van der Waals surface area contributed by atoms with Crippen molar-refractivity contribution >= 4 is 0 Å². The largest absolute Gasteiger partial charge is 0.350 e. The summed E-state index contributed by atoms with van der Waals surface area (Å²) < 4.78 is 11.4. The van der Waals surface area contributed by atoms with Crippen molar-refractivity contribution in [3.63, 3.8) is 0 Å². The Kier molecular flexibility index (Phi) is 3.09. The van der Waals surface area contributed by atoms with Gasteiger partial charge in [0.15, 0.2) is 6.29 Å². The summed E-state index contributed by atoms with van der Waals surface area (Å²) in [6, 6.07) is 0. The van der Waals surface area contributed by atoms with Crippen molar-refractivity contribution in [2.45, 2.75) is 46.8 Å². The Hall–Kier alpha value is -0.0800. The molecule has 0 radical (unpaired) electrons. The second-order valence-electron chi connectivity index (χ2n) is 5.91. The molecule has 88 valence electrons. The molecule has 2 unspecified atom stereocenters. The van der Waals surface area contributed by atoms with E-state index in [9.17, 15) is 0 Å². The number of hydrogen-bond donors (Lipinski definition) is 0. The smallest absolute Gasteiger partial charge is 0.161 e. The highest BCUT2D eigenvalue weighted by atomic mass is 16.7. The van der Waals surface area contributed by atoms with Crippen LogP contribution in [-0.2, 0) is 9.47 Å². The van der Waals surface area contributed by atoms with E-state index in [1.54, 1.807) is 0 Å². The summed E-state index contributed by atoms with van der Waals surface area (Å²) in [4.78, 5) is 0. The maximum Gasteiger partial charge on any atom is 0.161 e. The van der Waals surface area contributed by atoms with Gasteiger partial charge in [0.2, 0.25) is 0 Å². The SMILES string of the molecule is CC1CC[C@@H](C)C(C)(C)C1C1OCCO1. The van der Waals surface area contributed by atoms with Gasteiger partial charge in [-0.25, -0.2) is 0 Å². The molecule has 1 aliphatic heterocycles. The summed E-state index contributed by atoms with van der Waals surface area (Å²) >= 11 is 0. The molecule has 0 aromatic heterocycles. The first-order chi connectivity index (χ1) is 7.03. The van der Waals surface area contributed by atoms with E-state index in [1.165, 1.54) is 12.8 Å². The standard InChI is InChI=1S/C13H24O2/c1-9-5-6-10(2)13(3,4)11(9)12-14-7-8-15-12/h9-12H,5-8H2,1-4H3/t9?,10-,11?/m1/s1. The molecule has 3 atom stereocenters. The monoisotopic (exact) mass is 212 g/mol. The van der Waals surface area contributed by atoms with Crippen LogP contribution in [-0.4, -0.2) is 19.5 Å². The third kappa shape index (κ3) is 1.94. The molecule has 2 heteroatoms. The lowest BCUT2D eigenvalue weighted by Crippen LogP contribution is -2.46. The second kappa shape index (κ2) is 4.06.